The van der Waals surface area contributed by atoms with Gasteiger partial charge >= 0.3 is 5.97 Å². The molecular weight excluding hydrogens is 500 g/mol. The van der Waals surface area contributed by atoms with E-state index in [1.54, 1.807) is 0 Å². The molecule has 0 aliphatic carbocycles. The second kappa shape index (κ2) is 11.1. The molecule has 1 saturated heterocycles. The normalized spacial score (nSPS) is 16.3. The fourth-order valence-electron chi connectivity index (χ4n) is 3.86. The van der Waals surface area contributed by atoms with Gasteiger partial charge in [0.1, 0.15) is 10.6 Å². The third-order valence-corrected chi connectivity index (χ3v) is 7.81. The topological polar surface area (TPSA) is 120 Å². The molecule has 0 spiro atoms. The first-order valence-electron chi connectivity index (χ1n) is 10.6. The lowest BCUT2D eigenvalue weighted by Crippen LogP contribution is -2.43. The number of carbonyl (C=O) groups excluding carboxylic acids is 2. The zero-order valence-corrected chi connectivity index (χ0v) is 21.4. The number of anilines is 1. The molecular formula is C23H27ClN2O8S. The zero-order valence-electron chi connectivity index (χ0n) is 19.8. The molecule has 1 atom stereocenters. The summed E-state index contributed by atoms with van der Waals surface area (Å²) in [6.07, 6.45) is 0.932. The highest BCUT2D eigenvalue weighted by Crippen LogP contribution is 2.35. The Morgan fingerprint density at radius 2 is 1.66 bits per heavy atom. The van der Waals surface area contributed by atoms with Gasteiger partial charge in [-0.25, -0.2) is 13.2 Å². The highest BCUT2D eigenvalue weighted by Gasteiger charge is 2.35. The lowest BCUT2D eigenvalue weighted by atomic mass is 9.98. The van der Waals surface area contributed by atoms with Crippen LogP contribution < -0.4 is 19.5 Å². The third kappa shape index (κ3) is 5.63. The van der Waals surface area contributed by atoms with Crippen molar-refractivity contribution in [1.82, 2.24) is 4.31 Å². The van der Waals surface area contributed by atoms with Gasteiger partial charge in [0.05, 0.1) is 45.6 Å². The zero-order chi connectivity index (χ0) is 25.8. The number of methoxy groups -OCH3 is 4. The standard InChI is InChI=1S/C23H27ClN2O8S/c1-31-18-8-7-15(24)10-21(18)35(29,30)26-9-5-6-14(13-26)22(27)25-17-12-20(33-3)19(32-2)11-16(17)23(28)34-4/h7-8,10-12,14H,5-6,9,13H2,1-4H3,(H,25,27)/t14-/m0/s1. The van der Waals surface area contributed by atoms with E-state index in [-0.39, 0.29) is 45.8 Å². The van der Waals surface area contributed by atoms with E-state index in [1.165, 1.54) is 63.1 Å². The maximum absolute atomic E-state index is 13.3. The van der Waals surface area contributed by atoms with Gasteiger partial charge < -0.3 is 24.3 Å². The van der Waals surface area contributed by atoms with Crippen LogP contribution in [0, 0.1) is 5.92 Å². The van der Waals surface area contributed by atoms with Crippen molar-refractivity contribution < 1.29 is 37.0 Å². The molecule has 1 N–H and O–H groups in total. The number of rotatable bonds is 8. The minimum Gasteiger partial charge on any atom is -0.495 e. The van der Waals surface area contributed by atoms with Crippen LogP contribution in [-0.2, 0) is 19.6 Å². The van der Waals surface area contributed by atoms with Crippen LogP contribution in [0.15, 0.2) is 35.2 Å². The number of carbonyl (C=O) groups is 2. The molecule has 1 heterocycles. The Morgan fingerprint density at radius 1 is 1.00 bits per heavy atom. The summed E-state index contributed by atoms with van der Waals surface area (Å²) in [6, 6.07) is 7.20. The van der Waals surface area contributed by atoms with Crippen LogP contribution in [-0.4, -0.2) is 66.1 Å². The highest BCUT2D eigenvalue weighted by atomic mass is 35.5. The third-order valence-electron chi connectivity index (χ3n) is 5.69. The molecule has 1 aliphatic rings. The van der Waals surface area contributed by atoms with Gasteiger partial charge in [-0.3, -0.25) is 4.79 Å². The first kappa shape index (κ1) is 26.6. The lowest BCUT2D eigenvalue weighted by molar-refractivity contribution is -0.120. The molecule has 0 unspecified atom stereocenters. The maximum atomic E-state index is 13.3. The van der Waals surface area contributed by atoms with Crippen LogP contribution in [0.1, 0.15) is 23.2 Å². The summed E-state index contributed by atoms with van der Waals surface area (Å²) >= 11 is 6.03. The van der Waals surface area contributed by atoms with Crippen molar-refractivity contribution in [3.63, 3.8) is 0 Å². The highest BCUT2D eigenvalue weighted by molar-refractivity contribution is 7.89. The molecule has 35 heavy (non-hydrogen) atoms. The van der Waals surface area contributed by atoms with Crippen molar-refractivity contribution in [3.05, 3.63) is 40.9 Å². The van der Waals surface area contributed by atoms with Gasteiger partial charge in [0.25, 0.3) is 0 Å². The Hall–Kier alpha value is -3.02. The van der Waals surface area contributed by atoms with Gasteiger partial charge in [0.2, 0.25) is 15.9 Å². The number of ether oxygens (including phenoxy) is 4. The summed E-state index contributed by atoms with van der Waals surface area (Å²) in [5.41, 5.74) is 0.235. The Balaban J connectivity index is 1.87. The molecule has 190 valence electrons. The van der Waals surface area contributed by atoms with Gasteiger partial charge in [-0.1, -0.05) is 11.6 Å². The predicted octanol–water partition coefficient (Wildman–Crippen LogP) is 3.19. The fraction of sp³-hybridized carbons (Fsp3) is 0.391. The van der Waals surface area contributed by atoms with Crippen LogP contribution in [0.25, 0.3) is 0 Å². The average Bonchev–Trinajstić information content (AvgIpc) is 2.87. The van der Waals surface area contributed by atoms with E-state index in [4.69, 9.17) is 30.5 Å². The van der Waals surface area contributed by atoms with Crippen molar-refractivity contribution in [2.24, 2.45) is 5.92 Å². The number of piperidine rings is 1. The number of nitrogens with zero attached hydrogens (tertiary/aromatic N) is 1. The second-order valence-electron chi connectivity index (χ2n) is 7.73. The van der Waals surface area contributed by atoms with Crippen LogP contribution in [0.3, 0.4) is 0 Å². The molecule has 2 aromatic rings. The molecule has 0 aromatic heterocycles. The summed E-state index contributed by atoms with van der Waals surface area (Å²) in [5, 5.41) is 2.97. The van der Waals surface area contributed by atoms with E-state index >= 15 is 0 Å². The van der Waals surface area contributed by atoms with Crippen LogP contribution >= 0.6 is 11.6 Å². The SMILES string of the molecule is COC(=O)c1cc(OC)c(OC)cc1NC(=O)[C@H]1CCCN(S(=O)(=O)c2cc(Cl)ccc2OC)C1. The Kier molecular flexibility index (Phi) is 8.47. The molecule has 2 aromatic carbocycles. The summed E-state index contributed by atoms with van der Waals surface area (Å²) in [6.45, 7) is 0.191. The molecule has 1 aliphatic heterocycles. The molecule has 0 radical (unpaired) electrons. The van der Waals surface area contributed by atoms with E-state index in [0.717, 1.165) is 0 Å². The Labute approximate surface area is 209 Å². The fourth-order valence-corrected chi connectivity index (χ4v) is 5.80. The minimum atomic E-state index is -3.98. The maximum Gasteiger partial charge on any atom is 0.340 e. The number of hydrogen-bond donors (Lipinski definition) is 1. The van der Waals surface area contributed by atoms with Gasteiger partial charge in [-0.2, -0.15) is 4.31 Å². The van der Waals surface area contributed by atoms with E-state index < -0.39 is 27.8 Å². The number of hydrogen-bond acceptors (Lipinski definition) is 8. The quantitative estimate of drug-likeness (QED) is 0.521. The first-order chi connectivity index (χ1) is 16.7. The number of amides is 1. The van der Waals surface area contributed by atoms with Crippen molar-refractivity contribution in [3.8, 4) is 17.2 Å². The van der Waals surface area contributed by atoms with Crippen LogP contribution in [0.5, 0.6) is 17.2 Å². The van der Waals surface area contributed by atoms with E-state index in [9.17, 15) is 18.0 Å². The number of esters is 1. The van der Waals surface area contributed by atoms with Crippen LogP contribution in [0.4, 0.5) is 5.69 Å². The lowest BCUT2D eigenvalue weighted by Gasteiger charge is -2.31. The van der Waals surface area contributed by atoms with Crippen molar-refractivity contribution in [1.29, 1.82) is 0 Å². The largest absolute Gasteiger partial charge is 0.495 e. The van der Waals surface area contributed by atoms with Gasteiger partial charge in [-0.05, 0) is 31.0 Å². The summed E-state index contributed by atoms with van der Waals surface area (Å²) in [7, 11) is 1.46. The van der Waals surface area contributed by atoms with E-state index in [0.29, 0.717) is 18.6 Å². The Bertz CT molecular complexity index is 1220. The van der Waals surface area contributed by atoms with Crippen molar-refractivity contribution in [2.75, 3.05) is 46.8 Å². The van der Waals surface area contributed by atoms with Crippen molar-refractivity contribution in [2.45, 2.75) is 17.7 Å². The number of benzene rings is 2. The van der Waals surface area contributed by atoms with Crippen molar-refractivity contribution >= 4 is 39.2 Å². The van der Waals surface area contributed by atoms with Gasteiger partial charge in [-0.15, -0.1) is 0 Å². The first-order valence-corrected chi connectivity index (χ1v) is 12.5. The molecule has 12 heteroatoms. The Morgan fingerprint density at radius 3 is 2.29 bits per heavy atom. The molecule has 0 bridgehead atoms. The molecule has 1 fully saturated rings. The number of nitrogens with one attached hydrogen (secondary N) is 1. The average molecular weight is 527 g/mol. The summed E-state index contributed by atoms with van der Waals surface area (Å²) in [5.74, 6) is -1.04. The smallest absolute Gasteiger partial charge is 0.340 e. The van der Waals surface area contributed by atoms with E-state index in [2.05, 4.69) is 5.32 Å². The minimum absolute atomic E-state index is 0.0509. The second-order valence-corrected chi connectivity index (χ2v) is 10.1. The molecule has 3 rings (SSSR count). The predicted molar refractivity (Wildman–Crippen MR) is 129 cm³/mol. The summed E-state index contributed by atoms with van der Waals surface area (Å²) < 4.78 is 48.5. The monoisotopic (exact) mass is 526 g/mol. The van der Waals surface area contributed by atoms with Gasteiger partial charge in [0.15, 0.2) is 11.5 Å². The number of sulfonamides is 1. The van der Waals surface area contributed by atoms with Crippen LogP contribution in [0.2, 0.25) is 5.02 Å². The number of halogens is 1. The molecule has 10 nitrogen and oxygen atoms in total. The van der Waals surface area contributed by atoms with E-state index in [1.807, 2.05) is 0 Å². The van der Waals surface area contributed by atoms with Gasteiger partial charge in [0, 0.05) is 30.2 Å². The molecule has 1 amide bonds. The summed E-state index contributed by atoms with van der Waals surface area (Å²) in [4.78, 5) is 25.4. The molecule has 0 saturated carbocycles.